The van der Waals surface area contributed by atoms with Crippen molar-refractivity contribution in [3.05, 3.63) is 12.2 Å². The van der Waals surface area contributed by atoms with Crippen LogP contribution in [0.15, 0.2) is 12.2 Å². The molecule has 4 saturated carbocycles. The lowest BCUT2D eigenvalue weighted by Crippen LogP contribution is -2.44. The van der Waals surface area contributed by atoms with Crippen molar-refractivity contribution in [1.82, 2.24) is 0 Å². The van der Waals surface area contributed by atoms with E-state index in [0.717, 1.165) is 94.7 Å². The number of hydrogen-bond acceptors (Lipinski definition) is 0. The zero-order valence-electron chi connectivity index (χ0n) is 23.1. The summed E-state index contributed by atoms with van der Waals surface area (Å²) in [4.78, 5) is 0. The normalized spacial score (nSPS) is 58.7. The fourth-order valence-electron chi connectivity index (χ4n) is 8.78. The minimum absolute atomic E-state index is 0.861. The van der Waals surface area contributed by atoms with Crippen molar-refractivity contribution in [2.45, 2.75) is 89.5 Å². The molecule has 0 saturated heterocycles. The Hall–Kier alpha value is -0.260. The van der Waals surface area contributed by atoms with Gasteiger partial charge in [0.2, 0.25) is 0 Å². The average Bonchev–Trinajstić information content (AvgIpc) is 3.22. The monoisotopic (exact) mass is 428 g/mol. The molecule has 6 aliphatic rings. The van der Waals surface area contributed by atoms with Crippen molar-refractivity contribution >= 4 is 0 Å². The summed E-state index contributed by atoms with van der Waals surface area (Å²) in [6.07, 6.45) is 6.48. The van der Waals surface area contributed by atoms with E-state index < -0.39 is 0 Å². The molecule has 6 aliphatic carbocycles. The molecule has 8 atom stereocenters. The van der Waals surface area contributed by atoms with Crippen LogP contribution in [0.1, 0.15) is 89.5 Å². The van der Waals surface area contributed by atoms with E-state index in [0.29, 0.717) is 0 Å². The molecule has 8 unspecified atom stereocenters. The molecular formula is C31H56. The summed E-state index contributed by atoms with van der Waals surface area (Å²) in [7, 11) is 0. The molecule has 0 amide bonds. The molecule has 0 aliphatic heterocycles. The molecule has 0 nitrogen and oxygen atoms in total. The van der Waals surface area contributed by atoms with Crippen molar-refractivity contribution in [1.29, 1.82) is 0 Å². The topological polar surface area (TPSA) is 0 Å². The van der Waals surface area contributed by atoms with E-state index in [-0.39, 0.29) is 0 Å². The molecule has 0 aromatic carbocycles. The maximum Gasteiger partial charge on any atom is -0.0176 e. The van der Waals surface area contributed by atoms with Crippen LogP contribution in [0.25, 0.3) is 0 Å². The highest BCUT2D eigenvalue weighted by atomic mass is 14.6. The predicted molar refractivity (Wildman–Crippen MR) is 138 cm³/mol. The average molecular weight is 429 g/mol. The first-order chi connectivity index (χ1) is 14.4. The van der Waals surface area contributed by atoms with Crippen LogP contribution >= 0.6 is 0 Å². The zero-order valence-corrected chi connectivity index (χ0v) is 23.1. The lowest BCUT2D eigenvalue weighted by atomic mass is 9.55. The minimum Gasteiger partial charge on any atom is -0.0846 e. The van der Waals surface area contributed by atoms with Gasteiger partial charge in [0.05, 0.1) is 0 Å². The molecule has 0 spiro atoms. The van der Waals surface area contributed by atoms with Gasteiger partial charge in [-0.15, -0.1) is 0 Å². The third-order valence-electron chi connectivity index (χ3n) is 12.9. The second kappa shape index (κ2) is 9.54. The van der Waals surface area contributed by atoms with E-state index in [1.54, 1.807) is 0 Å². The van der Waals surface area contributed by atoms with E-state index >= 15 is 0 Å². The van der Waals surface area contributed by atoms with Gasteiger partial charge in [0.15, 0.2) is 0 Å². The molecule has 4 bridgehead atoms. The first kappa shape index (κ1) is 25.4. The Morgan fingerprint density at radius 3 is 0.742 bits per heavy atom. The Morgan fingerprint density at radius 2 is 0.548 bits per heavy atom. The largest absolute Gasteiger partial charge is 0.0846 e. The zero-order chi connectivity index (χ0) is 23.4. The number of allylic oxidation sites excluding steroid dienone is 2. The summed E-state index contributed by atoms with van der Waals surface area (Å²) in [6.45, 7) is 28.9. The molecule has 31 heavy (non-hydrogen) atoms. The summed E-state index contributed by atoms with van der Waals surface area (Å²) in [5.74, 6) is 15.4. The first-order valence-electron chi connectivity index (χ1n) is 14.1. The predicted octanol–water partition coefficient (Wildman–Crippen LogP) is 9.07. The molecule has 0 heteroatoms. The molecule has 0 aromatic rings. The molecule has 0 radical (unpaired) electrons. The minimum atomic E-state index is 0.861. The number of fused-ring (bicyclic) bond motifs is 4. The van der Waals surface area contributed by atoms with Crippen molar-refractivity contribution in [3.63, 3.8) is 0 Å². The van der Waals surface area contributed by atoms with Gasteiger partial charge in [-0.1, -0.05) is 95.2 Å². The van der Waals surface area contributed by atoms with Crippen molar-refractivity contribution in [3.8, 4) is 0 Å². The van der Waals surface area contributed by atoms with Gasteiger partial charge in [-0.25, -0.2) is 0 Å². The SMILES string of the molecule is CC1C(C)C(C)C1C.CC1C(C)C2C=CC1C(C)C2C.CC1C(C)C2CC1C(C)C2C. The van der Waals surface area contributed by atoms with Crippen LogP contribution < -0.4 is 0 Å². The van der Waals surface area contributed by atoms with Gasteiger partial charge in [0.25, 0.3) is 0 Å². The van der Waals surface area contributed by atoms with Gasteiger partial charge < -0.3 is 0 Å². The van der Waals surface area contributed by atoms with Gasteiger partial charge in [-0.05, 0) is 101 Å². The molecule has 180 valence electrons. The number of rotatable bonds is 0. The molecule has 0 N–H and O–H groups in total. The van der Waals surface area contributed by atoms with Crippen LogP contribution in [0.3, 0.4) is 0 Å². The lowest BCUT2D eigenvalue weighted by Gasteiger charge is -2.50. The molecule has 0 heterocycles. The molecular weight excluding hydrogens is 372 g/mol. The van der Waals surface area contributed by atoms with E-state index in [9.17, 15) is 0 Å². The number of hydrogen-bond donors (Lipinski definition) is 0. The van der Waals surface area contributed by atoms with Crippen LogP contribution in [-0.2, 0) is 0 Å². The standard InChI is InChI=1S/C12H20.C11H20.C8H16/c1-7-8(2)12-6-5-11(7)9(3)10(12)4;1-6-7(2)11-5-10(6)8(3)9(11)4;1-5-6(2)8(4)7(5)3/h5-12H,1-4H3;6-11H,5H2,1-4H3;5-8H,1-4H3. The summed E-state index contributed by atoms with van der Waals surface area (Å²) >= 11 is 0. The summed E-state index contributed by atoms with van der Waals surface area (Å²) < 4.78 is 0. The van der Waals surface area contributed by atoms with Gasteiger partial charge in [-0.2, -0.15) is 0 Å². The summed E-state index contributed by atoms with van der Waals surface area (Å²) in [6, 6.07) is 0. The highest BCUT2D eigenvalue weighted by Crippen LogP contribution is 2.57. The smallest absolute Gasteiger partial charge is 0.0176 e. The lowest BCUT2D eigenvalue weighted by molar-refractivity contribution is 0.0302. The van der Waals surface area contributed by atoms with Crippen molar-refractivity contribution in [2.24, 2.45) is 94.7 Å². The van der Waals surface area contributed by atoms with E-state index in [1.165, 1.54) is 6.42 Å². The van der Waals surface area contributed by atoms with Crippen LogP contribution in [0.2, 0.25) is 0 Å². The van der Waals surface area contributed by atoms with E-state index in [2.05, 4.69) is 95.2 Å². The van der Waals surface area contributed by atoms with Crippen LogP contribution in [0, 0.1) is 94.7 Å². The summed E-state index contributed by atoms with van der Waals surface area (Å²) in [5, 5.41) is 0. The Bertz CT molecular complexity index is 514. The van der Waals surface area contributed by atoms with E-state index in [1.807, 2.05) is 0 Å². The van der Waals surface area contributed by atoms with Gasteiger partial charge in [0, 0.05) is 0 Å². The second-order valence-corrected chi connectivity index (χ2v) is 13.4. The highest BCUT2D eigenvalue weighted by Gasteiger charge is 2.51. The first-order valence-corrected chi connectivity index (χ1v) is 14.1. The maximum atomic E-state index is 2.47. The quantitative estimate of drug-likeness (QED) is 0.337. The Labute approximate surface area is 196 Å². The summed E-state index contributed by atoms with van der Waals surface area (Å²) in [5.41, 5.74) is 0. The third kappa shape index (κ3) is 4.33. The van der Waals surface area contributed by atoms with Crippen molar-refractivity contribution < 1.29 is 0 Å². The fraction of sp³-hybridized carbons (Fsp3) is 0.935. The second-order valence-electron chi connectivity index (χ2n) is 13.4. The van der Waals surface area contributed by atoms with Crippen LogP contribution in [0.5, 0.6) is 0 Å². The van der Waals surface area contributed by atoms with Crippen LogP contribution in [-0.4, -0.2) is 0 Å². The Kier molecular flexibility index (Phi) is 7.81. The van der Waals surface area contributed by atoms with Crippen molar-refractivity contribution in [2.75, 3.05) is 0 Å². The molecule has 6 rings (SSSR count). The third-order valence-corrected chi connectivity index (χ3v) is 12.9. The van der Waals surface area contributed by atoms with E-state index in [4.69, 9.17) is 0 Å². The highest BCUT2D eigenvalue weighted by molar-refractivity contribution is 5.12. The van der Waals surface area contributed by atoms with Gasteiger partial charge in [0.1, 0.15) is 0 Å². The Morgan fingerprint density at radius 1 is 0.323 bits per heavy atom. The molecule has 0 aromatic heterocycles. The Balaban J connectivity index is 0.000000135. The molecule has 4 fully saturated rings. The fourth-order valence-corrected chi connectivity index (χ4v) is 8.78. The van der Waals surface area contributed by atoms with Gasteiger partial charge >= 0.3 is 0 Å². The maximum absolute atomic E-state index is 2.47. The van der Waals surface area contributed by atoms with Crippen LogP contribution in [0.4, 0.5) is 0 Å². The van der Waals surface area contributed by atoms with Gasteiger partial charge in [-0.3, -0.25) is 0 Å².